The number of rotatable bonds is 43. The van der Waals surface area contributed by atoms with E-state index in [4.69, 9.17) is 14.2 Å². The van der Waals surface area contributed by atoms with Gasteiger partial charge >= 0.3 is 17.9 Å². The van der Waals surface area contributed by atoms with Crippen LogP contribution in [0.4, 0.5) is 0 Å². The minimum atomic E-state index is -0.826. The number of esters is 3. The zero-order chi connectivity index (χ0) is 45.1. The second-order valence-electron chi connectivity index (χ2n) is 16.0. The van der Waals surface area contributed by atoms with Crippen LogP contribution in [-0.4, -0.2) is 37.2 Å². The van der Waals surface area contributed by atoms with Crippen LogP contribution in [0.1, 0.15) is 207 Å². The molecule has 6 nitrogen and oxygen atoms in total. The normalized spacial score (nSPS) is 13.0. The van der Waals surface area contributed by atoms with E-state index in [9.17, 15) is 14.4 Å². The van der Waals surface area contributed by atoms with Crippen molar-refractivity contribution in [1.29, 1.82) is 0 Å². The average molecular weight is 859 g/mol. The molecule has 1 atom stereocenters. The summed E-state index contributed by atoms with van der Waals surface area (Å²) >= 11 is 0. The molecule has 6 heteroatoms. The summed E-state index contributed by atoms with van der Waals surface area (Å²) in [6, 6.07) is 0. The molecule has 0 saturated carbocycles. The summed E-state index contributed by atoms with van der Waals surface area (Å²) in [6.07, 6.45) is 66.7. The van der Waals surface area contributed by atoms with Gasteiger partial charge in [0, 0.05) is 19.3 Å². The third-order valence-corrected chi connectivity index (χ3v) is 10.0. The van der Waals surface area contributed by atoms with Gasteiger partial charge in [-0.1, -0.05) is 188 Å². The molecule has 0 aromatic carbocycles. The van der Waals surface area contributed by atoms with E-state index in [1.54, 1.807) is 0 Å². The van der Waals surface area contributed by atoms with Crippen molar-refractivity contribution in [3.05, 3.63) is 109 Å². The molecule has 0 aromatic rings. The Morgan fingerprint density at radius 2 is 0.661 bits per heavy atom. The Morgan fingerprint density at radius 1 is 0.339 bits per heavy atom. The zero-order valence-electron chi connectivity index (χ0n) is 39.8. The fourth-order valence-electron chi connectivity index (χ4n) is 6.32. The Bertz CT molecular complexity index is 1310. The highest BCUT2D eigenvalue weighted by Crippen LogP contribution is 2.12. The largest absolute Gasteiger partial charge is 0.462 e. The number of ether oxygens (including phenoxy) is 3. The molecule has 0 amide bonds. The molecule has 0 rings (SSSR count). The van der Waals surface area contributed by atoms with Crippen molar-refractivity contribution in [2.24, 2.45) is 0 Å². The lowest BCUT2D eigenvalue weighted by Crippen LogP contribution is -2.30. The zero-order valence-corrected chi connectivity index (χ0v) is 39.8. The van der Waals surface area contributed by atoms with E-state index in [0.717, 1.165) is 103 Å². The lowest BCUT2D eigenvalue weighted by molar-refractivity contribution is -0.166. The van der Waals surface area contributed by atoms with Gasteiger partial charge in [-0.3, -0.25) is 14.4 Å². The fourth-order valence-corrected chi connectivity index (χ4v) is 6.32. The lowest BCUT2D eigenvalue weighted by Gasteiger charge is -2.18. The Labute approximate surface area is 380 Å². The van der Waals surface area contributed by atoms with Crippen LogP contribution >= 0.6 is 0 Å². The van der Waals surface area contributed by atoms with E-state index in [2.05, 4.69) is 118 Å². The van der Waals surface area contributed by atoms with Gasteiger partial charge in [-0.2, -0.15) is 0 Å². The first-order valence-corrected chi connectivity index (χ1v) is 24.9. The first kappa shape index (κ1) is 58.1. The number of unbranched alkanes of at least 4 members (excludes halogenated alkanes) is 14. The number of hydrogen-bond acceptors (Lipinski definition) is 6. The monoisotopic (exact) mass is 859 g/mol. The van der Waals surface area contributed by atoms with E-state index in [-0.39, 0.29) is 37.5 Å². The Hall–Kier alpha value is -3.93. The van der Waals surface area contributed by atoms with Crippen molar-refractivity contribution in [2.75, 3.05) is 13.2 Å². The maximum Gasteiger partial charge on any atom is 0.306 e. The number of carbonyl (C=O) groups excluding carboxylic acids is 3. The SMILES string of the molecule is CC/C=C\C/C=C\C/C=C\C/C=C\C/C=C\C/C=C\CCC(=O)OCC(COC(=O)CCCC/C=C\C/C=C\CC)OC(=O)CCCCCCC/C=C\CCCCCCCCC. The standard InChI is InChI=1S/C56H90O6/c1-4-7-10-13-16-19-21-23-25-27-28-29-31-32-34-37-40-43-46-49-55(58)61-52-53(51-60-54(57)48-45-42-39-36-18-15-12-9-6-3)62-56(59)50-47-44-41-38-35-33-30-26-24-22-20-17-14-11-8-5-2/h7,9-10,12,16,18-19,23,25-26,28-30,32,34,36,40,43,53H,4-6,8,11,13-15,17,20-22,24,27,31,33,35,37-39,41-42,44-52H2,1-3H3/b10-7-,12-9-,19-16-,25-23-,29-28-,30-26-,34-32-,36-18-,43-40-. The van der Waals surface area contributed by atoms with Crippen molar-refractivity contribution in [3.8, 4) is 0 Å². The predicted octanol–water partition coefficient (Wildman–Crippen LogP) is 16.4. The van der Waals surface area contributed by atoms with Crippen molar-refractivity contribution < 1.29 is 28.6 Å². The molecule has 350 valence electrons. The average Bonchev–Trinajstić information content (AvgIpc) is 3.27. The molecule has 1 unspecified atom stereocenters. The predicted molar refractivity (Wildman–Crippen MR) is 265 cm³/mol. The van der Waals surface area contributed by atoms with Crippen LogP contribution in [0.5, 0.6) is 0 Å². The van der Waals surface area contributed by atoms with Crippen LogP contribution in [-0.2, 0) is 28.6 Å². The highest BCUT2D eigenvalue weighted by molar-refractivity contribution is 5.71. The summed E-state index contributed by atoms with van der Waals surface area (Å²) in [4.78, 5) is 37.8. The van der Waals surface area contributed by atoms with Crippen molar-refractivity contribution in [2.45, 2.75) is 213 Å². The quantitative estimate of drug-likeness (QED) is 0.0263. The van der Waals surface area contributed by atoms with E-state index < -0.39 is 6.10 Å². The number of carbonyl (C=O) groups is 3. The van der Waals surface area contributed by atoms with Crippen molar-refractivity contribution in [3.63, 3.8) is 0 Å². The minimum absolute atomic E-state index is 0.124. The molecule has 0 spiro atoms. The van der Waals surface area contributed by atoms with Gasteiger partial charge in [-0.15, -0.1) is 0 Å². The topological polar surface area (TPSA) is 78.9 Å². The molecule has 0 heterocycles. The van der Waals surface area contributed by atoms with E-state index in [0.29, 0.717) is 19.3 Å². The van der Waals surface area contributed by atoms with Gasteiger partial charge in [-0.25, -0.2) is 0 Å². The molecule has 0 N–H and O–H groups in total. The summed E-state index contributed by atoms with van der Waals surface area (Å²) in [7, 11) is 0. The van der Waals surface area contributed by atoms with Gasteiger partial charge in [0.25, 0.3) is 0 Å². The molecular weight excluding hydrogens is 769 g/mol. The van der Waals surface area contributed by atoms with Crippen LogP contribution in [0.15, 0.2) is 109 Å². The molecule has 0 radical (unpaired) electrons. The summed E-state index contributed by atoms with van der Waals surface area (Å²) in [6.45, 7) is 6.27. The van der Waals surface area contributed by atoms with Crippen LogP contribution in [0, 0.1) is 0 Å². The summed E-state index contributed by atoms with van der Waals surface area (Å²) in [5, 5.41) is 0. The first-order valence-electron chi connectivity index (χ1n) is 24.9. The summed E-state index contributed by atoms with van der Waals surface area (Å²) < 4.78 is 16.6. The minimum Gasteiger partial charge on any atom is -0.462 e. The van der Waals surface area contributed by atoms with E-state index >= 15 is 0 Å². The van der Waals surface area contributed by atoms with Gasteiger partial charge in [0.05, 0.1) is 0 Å². The molecule has 0 aliphatic carbocycles. The molecule has 62 heavy (non-hydrogen) atoms. The van der Waals surface area contributed by atoms with Crippen LogP contribution < -0.4 is 0 Å². The Morgan fingerprint density at radius 3 is 1.13 bits per heavy atom. The van der Waals surface area contributed by atoms with Crippen LogP contribution in [0.3, 0.4) is 0 Å². The molecular formula is C56H90O6. The highest BCUT2D eigenvalue weighted by atomic mass is 16.6. The summed E-state index contributed by atoms with van der Waals surface area (Å²) in [5.41, 5.74) is 0. The molecule has 0 fully saturated rings. The van der Waals surface area contributed by atoms with Crippen molar-refractivity contribution >= 4 is 17.9 Å². The molecule has 0 saturated heterocycles. The maximum absolute atomic E-state index is 12.8. The fraction of sp³-hybridized carbons (Fsp3) is 0.625. The first-order chi connectivity index (χ1) is 30.5. The lowest BCUT2D eigenvalue weighted by atomic mass is 10.1. The van der Waals surface area contributed by atoms with E-state index in [1.165, 1.54) is 57.8 Å². The van der Waals surface area contributed by atoms with Crippen LogP contribution in [0.25, 0.3) is 0 Å². The number of allylic oxidation sites excluding steroid dienone is 18. The maximum atomic E-state index is 12.8. The molecule has 0 aromatic heterocycles. The van der Waals surface area contributed by atoms with Crippen molar-refractivity contribution in [1.82, 2.24) is 0 Å². The second kappa shape index (κ2) is 49.7. The molecule has 0 aliphatic rings. The number of hydrogen-bond donors (Lipinski definition) is 0. The van der Waals surface area contributed by atoms with Gasteiger partial charge < -0.3 is 14.2 Å². The highest BCUT2D eigenvalue weighted by Gasteiger charge is 2.19. The van der Waals surface area contributed by atoms with Gasteiger partial charge in [0.2, 0.25) is 0 Å². The van der Waals surface area contributed by atoms with Crippen LogP contribution in [0.2, 0.25) is 0 Å². The third-order valence-electron chi connectivity index (χ3n) is 10.0. The third kappa shape index (κ3) is 47.1. The molecule has 0 aliphatic heterocycles. The smallest absolute Gasteiger partial charge is 0.306 e. The second-order valence-corrected chi connectivity index (χ2v) is 16.0. The Balaban J connectivity index is 4.50. The summed E-state index contributed by atoms with van der Waals surface area (Å²) in [5.74, 6) is -1.06. The van der Waals surface area contributed by atoms with Gasteiger partial charge in [-0.05, 0) is 109 Å². The molecule has 0 bridgehead atoms. The Kier molecular flexibility index (Phi) is 46.6. The van der Waals surface area contributed by atoms with E-state index in [1.807, 2.05) is 12.2 Å². The van der Waals surface area contributed by atoms with Gasteiger partial charge in [0.1, 0.15) is 13.2 Å². The van der Waals surface area contributed by atoms with Gasteiger partial charge in [0.15, 0.2) is 6.10 Å².